The van der Waals surface area contributed by atoms with E-state index in [0.29, 0.717) is 35.0 Å². The van der Waals surface area contributed by atoms with Crippen molar-refractivity contribution in [2.24, 2.45) is 0 Å². The minimum absolute atomic E-state index is 0.0367. The fraction of sp³-hybridized carbons (Fsp3) is 0.148. The van der Waals surface area contributed by atoms with Gasteiger partial charge in [-0.2, -0.15) is 5.21 Å². The van der Waals surface area contributed by atoms with Crippen molar-refractivity contribution in [1.82, 2.24) is 25.8 Å². The fourth-order valence-electron chi connectivity index (χ4n) is 3.88. The molecule has 5 rings (SSSR count). The Morgan fingerprint density at radius 2 is 1.70 bits per heavy atom. The molecule has 186 valence electrons. The molecule has 0 saturated carbocycles. The lowest BCUT2D eigenvalue weighted by Crippen LogP contribution is -2.16. The number of carbonyl (C=O) groups excluding carboxylic acids is 1. The summed E-state index contributed by atoms with van der Waals surface area (Å²) in [6.07, 6.45) is 0.207. The molecule has 0 aliphatic carbocycles. The molecule has 3 aromatic carbocycles. The zero-order valence-electron chi connectivity index (χ0n) is 19.9. The van der Waals surface area contributed by atoms with E-state index in [2.05, 4.69) is 31.1 Å². The maximum atomic E-state index is 13.8. The number of benzene rings is 3. The molecule has 2 aromatic heterocycles. The summed E-state index contributed by atoms with van der Waals surface area (Å²) < 4.78 is 24.5. The van der Waals surface area contributed by atoms with Crippen LogP contribution in [-0.2, 0) is 17.6 Å². The Morgan fingerprint density at radius 1 is 1.00 bits per heavy atom. The van der Waals surface area contributed by atoms with E-state index < -0.39 is 6.09 Å². The molecule has 0 fully saturated rings. The highest BCUT2D eigenvalue weighted by atomic mass is 19.1. The van der Waals surface area contributed by atoms with Crippen molar-refractivity contribution in [2.75, 3.05) is 11.9 Å². The van der Waals surface area contributed by atoms with E-state index in [1.54, 1.807) is 25.1 Å². The van der Waals surface area contributed by atoms with Gasteiger partial charge in [-0.3, -0.25) is 5.32 Å². The van der Waals surface area contributed by atoms with E-state index in [-0.39, 0.29) is 18.8 Å². The summed E-state index contributed by atoms with van der Waals surface area (Å²) in [5.41, 5.74) is 5.33. The summed E-state index contributed by atoms with van der Waals surface area (Å²) in [6, 6.07) is 22.3. The summed E-state index contributed by atoms with van der Waals surface area (Å²) in [5, 5.41) is 20.7. The Balaban J connectivity index is 1.23. The molecule has 2 heterocycles. The second-order valence-electron chi connectivity index (χ2n) is 8.35. The smallest absolute Gasteiger partial charge is 0.411 e. The second kappa shape index (κ2) is 10.8. The number of ether oxygens (including phenoxy) is 1. The Morgan fingerprint density at radius 3 is 2.41 bits per heavy atom. The number of nitrogens with one attached hydrogen (secondary N) is 2. The minimum atomic E-state index is -0.665. The van der Waals surface area contributed by atoms with Crippen molar-refractivity contribution in [1.29, 1.82) is 0 Å². The first-order valence-electron chi connectivity index (χ1n) is 11.6. The summed E-state index contributed by atoms with van der Waals surface area (Å²) in [5.74, 6) is 0.732. The largest absolute Gasteiger partial charge is 0.449 e. The first kappa shape index (κ1) is 23.9. The normalized spacial score (nSPS) is 10.9. The van der Waals surface area contributed by atoms with Gasteiger partial charge in [0.2, 0.25) is 0 Å². The summed E-state index contributed by atoms with van der Waals surface area (Å²) in [6.45, 7) is 1.77. The third-order valence-electron chi connectivity index (χ3n) is 5.84. The number of tetrazole rings is 1. The first-order valence-corrected chi connectivity index (χ1v) is 11.6. The highest BCUT2D eigenvalue weighted by molar-refractivity contribution is 5.90. The van der Waals surface area contributed by atoms with Gasteiger partial charge in [-0.15, -0.1) is 10.2 Å². The predicted octanol–water partition coefficient (Wildman–Crippen LogP) is 5.35. The topological polar surface area (TPSA) is 119 Å². The number of H-pyrrole nitrogens is 1. The number of halogens is 1. The van der Waals surface area contributed by atoms with Crippen LogP contribution in [-0.4, -0.2) is 38.5 Å². The Hall–Kier alpha value is -4.86. The number of rotatable bonds is 8. The van der Waals surface area contributed by atoms with Crippen LogP contribution < -0.4 is 5.32 Å². The van der Waals surface area contributed by atoms with Crippen LogP contribution in [0.3, 0.4) is 0 Å². The van der Waals surface area contributed by atoms with Gasteiger partial charge < -0.3 is 9.26 Å². The van der Waals surface area contributed by atoms with E-state index in [4.69, 9.17) is 9.26 Å². The van der Waals surface area contributed by atoms with E-state index in [0.717, 1.165) is 22.3 Å². The van der Waals surface area contributed by atoms with E-state index in [1.807, 2.05) is 48.5 Å². The average molecular weight is 499 g/mol. The number of amides is 1. The number of aromatic nitrogens is 5. The first-order chi connectivity index (χ1) is 18.1. The summed E-state index contributed by atoms with van der Waals surface area (Å²) in [7, 11) is 0. The van der Waals surface area contributed by atoms with Gasteiger partial charge in [0.05, 0.1) is 6.61 Å². The second-order valence-corrected chi connectivity index (χ2v) is 8.35. The lowest BCUT2D eigenvalue weighted by molar-refractivity contribution is 0.162. The van der Waals surface area contributed by atoms with Crippen molar-refractivity contribution in [3.8, 4) is 22.5 Å². The number of aromatic amines is 1. The Kier molecular flexibility index (Phi) is 6.98. The predicted molar refractivity (Wildman–Crippen MR) is 134 cm³/mol. The zero-order chi connectivity index (χ0) is 25.6. The standard InChI is InChI=1S/C27H23FN6O3/c1-17-25(29-27(35)36-15-14-21-4-2-3-5-23(21)28)26(37-32-17)22-12-10-20(11-13-22)19-8-6-18(7-9-19)16-24-30-33-34-31-24/h2-13H,14-16H2,1H3,(H,29,35)(H,30,31,33,34). The highest BCUT2D eigenvalue weighted by Gasteiger charge is 2.18. The van der Waals surface area contributed by atoms with E-state index >= 15 is 0 Å². The summed E-state index contributed by atoms with van der Waals surface area (Å²) in [4.78, 5) is 12.4. The lowest BCUT2D eigenvalue weighted by atomic mass is 10.0. The van der Waals surface area contributed by atoms with E-state index in [1.165, 1.54) is 6.07 Å². The SMILES string of the molecule is Cc1noc(-c2ccc(-c3ccc(Cc4nn[nH]n4)cc3)cc2)c1NC(=O)OCCc1ccccc1F. The number of nitrogens with zero attached hydrogens (tertiary/aromatic N) is 4. The Labute approximate surface area is 211 Å². The molecule has 10 heteroatoms. The fourth-order valence-corrected chi connectivity index (χ4v) is 3.88. The highest BCUT2D eigenvalue weighted by Crippen LogP contribution is 2.32. The molecule has 37 heavy (non-hydrogen) atoms. The summed E-state index contributed by atoms with van der Waals surface area (Å²) >= 11 is 0. The van der Waals surface area contributed by atoms with Gasteiger partial charge >= 0.3 is 6.09 Å². The maximum Gasteiger partial charge on any atom is 0.411 e. The van der Waals surface area contributed by atoms with E-state index in [9.17, 15) is 9.18 Å². The molecule has 0 spiro atoms. The van der Waals surface area contributed by atoms with Crippen LogP contribution >= 0.6 is 0 Å². The van der Waals surface area contributed by atoms with Crippen LogP contribution in [0.1, 0.15) is 22.6 Å². The van der Waals surface area contributed by atoms with Gasteiger partial charge in [-0.25, -0.2) is 9.18 Å². The zero-order valence-corrected chi connectivity index (χ0v) is 19.9. The van der Waals surface area contributed by atoms with Crippen molar-refractivity contribution >= 4 is 11.8 Å². The van der Waals surface area contributed by atoms with Gasteiger partial charge in [-0.1, -0.05) is 77.1 Å². The molecule has 9 nitrogen and oxygen atoms in total. The lowest BCUT2D eigenvalue weighted by Gasteiger charge is -2.09. The van der Waals surface area contributed by atoms with Crippen LogP contribution in [0.4, 0.5) is 14.9 Å². The van der Waals surface area contributed by atoms with Gasteiger partial charge in [0.25, 0.3) is 0 Å². The average Bonchev–Trinajstić information content (AvgIpc) is 3.56. The van der Waals surface area contributed by atoms with Crippen molar-refractivity contribution in [2.45, 2.75) is 19.8 Å². The van der Waals surface area contributed by atoms with Gasteiger partial charge in [0.15, 0.2) is 11.6 Å². The number of hydrogen-bond acceptors (Lipinski definition) is 7. The van der Waals surface area contributed by atoms with Crippen LogP contribution in [0.15, 0.2) is 77.3 Å². The molecule has 0 bridgehead atoms. The quantitative estimate of drug-likeness (QED) is 0.296. The number of aryl methyl sites for hydroxylation is 1. The van der Waals surface area contributed by atoms with Crippen LogP contribution in [0.25, 0.3) is 22.5 Å². The Bertz CT molecular complexity index is 1480. The third-order valence-corrected chi connectivity index (χ3v) is 5.84. The van der Waals surface area contributed by atoms with Gasteiger partial charge in [0.1, 0.15) is 17.2 Å². The van der Waals surface area contributed by atoms with Gasteiger partial charge in [-0.05, 0) is 35.2 Å². The molecular formula is C27H23FN6O3. The number of anilines is 1. The third kappa shape index (κ3) is 5.69. The van der Waals surface area contributed by atoms with Crippen molar-refractivity contribution in [3.05, 3.63) is 101 Å². The molecule has 2 N–H and O–H groups in total. The molecule has 0 saturated heterocycles. The minimum Gasteiger partial charge on any atom is -0.449 e. The molecular weight excluding hydrogens is 475 g/mol. The number of carbonyl (C=O) groups is 1. The van der Waals surface area contributed by atoms with Crippen LogP contribution in [0.5, 0.6) is 0 Å². The van der Waals surface area contributed by atoms with Gasteiger partial charge in [0, 0.05) is 18.4 Å². The monoisotopic (exact) mass is 498 g/mol. The molecule has 0 aliphatic heterocycles. The van der Waals surface area contributed by atoms with Crippen molar-refractivity contribution in [3.63, 3.8) is 0 Å². The molecule has 5 aromatic rings. The van der Waals surface area contributed by atoms with Crippen LogP contribution in [0.2, 0.25) is 0 Å². The molecule has 0 unspecified atom stereocenters. The molecule has 0 radical (unpaired) electrons. The molecule has 1 amide bonds. The molecule has 0 aliphatic rings. The van der Waals surface area contributed by atoms with Crippen LogP contribution in [0, 0.1) is 12.7 Å². The number of hydrogen-bond donors (Lipinski definition) is 2. The molecule has 0 atom stereocenters. The van der Waals surface area contributed by atoms with Crippen molar-refractivity contribution < 1.29 is 18.4 Å². The maximum absolute atomic E-state index is 13.8.